The largest absolute Gasteiger partial charge is 0.481 e. The predicted molar refractivity (Wildman–Crippen MR) is 153 cm³/mol. The Labute approximate surface area is 228 Å². The zero-order valence-corrected chi connectivity index (χ0v) is 24.5. The van der Waals surface area contributed by atoms with E-state index in [1.54, 1.807) is 0 Å². The van der Waals surface area contributed by atoms with Crippen molar-refractivity contribution < 1.29 is 35.1 Å². The van der Waals surface area contributed by atoms with E-state index in [1.165, 1.54) is 89.9 Å². The summed E-state index contributed by atoms with van der Waals surface area (Å²) in [5.74, 6) is -1.32. The molecule has 7 heteroatoms. The lowest BCUT2D eigenvalue weighted by molar-refractivity contribution is -0.138. The molecule has 0 fully saturated rings. The third-order valence-electron chi connectivity index (χ3n) is 6.74. The Morgan fingerprint density at radius 3 is 0.865 bits per heavy atom. The van der Waals surface area contributed by atoms with E-state index < -0.39 is 17.4 Å². The fourth-order valence-corrected chi connectivity index (χ4v) is 3.66. The average Bonchev–Trinajstić information content (AvgIpc) is 2.89. The molecule has 0 saturated heterocycles. The lowest BCUT2D eigenvalue weighted by Gasteiger charge is -2.24. The molecule has 0 aliphatic carbocycles. The van der Waals surface area contributed by atoms with Gasteiger partial charge >= 0.3 is 11.9 Å². The first-order valence-corrected chi connectivity index (χ1v) is 15.0. The molecule has 0 radical (unpaired) electrons. The van der Waals surface area contributed by atoms with Crippen molar-refractivity contribution in [2.45, 2.75) is 156 Å². The molecule has 0 bridgehead atoms. The molecule has 37 heavy (non-hydrogen) atoms. The van der Waals surface area contributed by atoms with Gasteiger partial charge in [-0.05, 0) is 19.3 Å². The Morgan fingerprint density at radius 1 is 0.459 bits per heavy atom. The highest BCUT2D eigenvalue weighted by Gasteiger charge is 2.24. The van der Waals surface area contributed by atoms with E-state index in [4.69, 9.17) is 25.5 Å². The van der Waals surface area contributed by atoms with E-state index in [0.29, 0.717) is 19.3 Å². The van der Waals surface area contributed by atoms with Crippen molar-refractivity contribution in [3.8, 4) is 0 Å². The summed E-state index contributed by atoms with van der Waals surface area (Å²) >= 11 is 0. The molecule has 0 heterocycles. The first-order chi connectivity index (χ1) is 17.8. The molecular formula is C30H62O7. The van der Waals surface area contributed by atoms with Gasteiger partial charge in [-0.1, -0.05) is 124 Å². The van der Waals surface area contributed by atoms with Gasteiger partial charge in [0.2, 0.25) is 0 Å². The third-order valence-corrected chi connectivity index (χ3v) is 6.74. The van der Waals surface area contributed by atoms with Crippen LogP contribution in [0.25, 0.3) is 0 Å². The smallest absolute Gasteiger partial charge is 0.303 e. The zero-order valence-electron chi connectivity index (χ0n) is 24.5. The van der Waals surface area contributed by atoms with Gasteiger partial charge in [0.25, 0.3) is 0 Å². The van der Waals surface area contributed by atoms with Gasteiger partial charge in [-0.15, -0.1) is 0 Å². The van der Waals surface area contributed by atoms with Gasteiger partial charge in [-0.2, -0.15) is 0 Å². The molecule has 0 aromatic rings. The molecule has 0 saturated carbocycles. The van der Waals surface area contributed by atoms with Crippen molar-refractivity contribution in [1.82, 2.24) is 0 Å². The molecule has 224 valence electrons. The van der Waals surface area contributed by atoms with Crippen molar-refractivity contribution in [3.05, 3.63) is 0 Å². The molecule has 0 unspecified atom stereocenters. The number of hydrogen-bond donors (Lipinski definition) is 5. The number of aliphatic hydroxyl groups is 3. The van der Waals surface area contributed by atoms with Crippen LogP contribution in [0, 0.1) is 5.41 Å². The second-order valence-electron chi connectivity index (χ2n) is 10.3. The van der Waals surface area contributed by atoms with Gasteiger partial charge in [-0.25, -0.2) is 0 Å². The molecule has 0 aromatic carbocycles. The van der Waals surface area contributed by atoms with Gasteiger partial charge in [0.15, 0.2) is 0 Å². The SMILES string of the molecule is CCC(CO)(CO)CO.CCCCCCCCCCCC(=O)O.CCCCCCCCCCCC(=O)O. The van der Waals surface area contributed by atoms with Crippen LogP contribution < -0.4 is 0 Å². The zero-order chi connectivity index (χ0) is 28.6. The standard InChI is InChI=1S/2C12H24O2.C6H14O3/c2*1-2-3-4-5-6-7-8-9-10-11-12(13)14;1-2-6(3-7,4-8)5-9/h2*2-11H2,1H3,(H,13,14);7-9H,2-5H2,1H3. The van der Waals surface area contributed by atoms with E-state index in [2.05, 4.69) is 13.8 Å². The maximum atomic E-state index is 10.2. The third kappa shape index (κ3) is 34.8. The number of unbranched alkanes of at least 4 members (excludes halogenated alkanes) is 16. The Bertz CT molecular complexity index is 415. The van der Waals surface area contributed by atoms with Crippen LogP contribution in [0.2, 0.25) is 0 Å². The summed E-state index contributed by atoms with van der Waals surface area (Å²) in [7, 11) is 0. The summed E-state index contributed by atoms with van der Waals surface area (Å²) in [6.07, 6.45) is 23.6. The summed E-state index contributed by atoms with van der Waals surface area (Å²) in [5.41, 5.74) is -0.667. The Balaban J connectivity index is -0.000000481. The van der Waals surface area contributed by atoms with Gasteiger partial charge in [0.05, 0.1) is 19.8 Å². The van der Waals surface area contributed by atoms with Crippen LogP contribution in [0.1, 0.15) is 156 Å². The van der Waals surface area contributed by atoms with Crippen LogP contribution in [0.4, 0.5) is 0 Å². The monoisotopic (exact) mass is 534 g/mol. The highest BCUT2D eigenvalue weighted by atomic mass is 16.4. The summed E-state index contributed by atoms with van der Waals surface area (Å²) in [4.78, 5) is 20.4. The minimum atomic E-state index is -0.667. The van der Waals surface area contributed by atoms with Crippen LogP contribution >= 0.6 is 0 Å². The topological polar surface area (TPSA) is 135 Å². The van der Waals surface area contributed by atoms with Crippen molar-refractivity contribution in [1.29, 1.82) is 0 Å². The van der Waals surface area contributed by atoms with E-state index in [9.17, 15) is 9.59 Å². The fourth-order valence-electron chi connectivity index (χ4n) is 3.66. The maximum absolute atomic E-state index is 10.2. The molecule has 5 N–H and O–H groups in total. The molecule has 0 aliphatic rings. The first kappa shape index (κ1) is 40.3. The molecule has 7 nitrogen and oxygen atoms in total. The van der Waals surface area contributed by atoms with Crippen LogP contribution in [0.3, 0.4) is 0 Å². The van der Waals surface area contributed by atoms with Crippen LogP contribution in [-0.4, -0.2) is 57.3 Å². The quantitative estimate of drug-likeness (QED) is 0.0817. The van der Waals surface area contributed by atoms with Crippen molar-refractivity contribution in [2.24, 2.45) is 5.41 Å². The molecule has 0 amide bonds. The second-order valence-corrected chi connectivity index (χ2v) is 10.3. The Kier molecular flexibility index (Phi) is 35.8. The van der Waals surface area contributed by atoms with Gasteiger partial charge in [-0.3, -0.25) is 9.59 Å². The summed E-state index contributed by atoms with van der Waals surface area (Å²) in [5, 5.41) is 42.8. The minimum absolute atomic E-state index is 0.156. The van der Waals surface area contributed by atoms with Gasteiger partial charge in [0, 0.05) is 18.3 Å². The van der Waals surface area contributed by atoms with E-state index in [1.807, 2.05) is 6.92 Å². The second kappa shape index (κ2) is 32.8. The number of carbonyl (C=O) groups is 2. The van der Waals surface area contributed by atoms with Crippen LogP contribution in [0.15, 0.2) is 0 Å². The number of aliphatic hydroxyl groups excluding tert-OH is 3. The van der Waals surface area contributed by atoms with Crippen molar-refractivity contribution in [2.75, 3.05) is 19.8 Å². The average molecular weight is 535 g/mol. The number of hydrogen-bond acceptors (Lipinski definition) is 5. The molecule has 0 aromatic heterocycles. The van der Waals surface area contributed by atoms with Crippen LogP contribution in [0.5, 0.6) is 0 Å². The molecule has 0 atom stereocenters. The first-order valence-electron chi connectivity index (χ1n) is 15.0. The van der Waals surface area contributed by atoms with Gasteiger partial charge in [0.1, 0.15) is 0 Å². The predicted octanol–water partition coefficient (Wildman–Crippen LogP) is 7.34. The maximum Gasteiger partial charge on any atom is 0.303 e. The lowest BCUT2D eigenvalue weighted by Crippen LogP contribution is -2.32. The highest BCUT2D eigenvalue weighted by Crippen LogP contribution is 2.18. The summed E-state index contributed by atoms with van der Waals surface area (Å²) in [6, 6.07) is 0. The summed E-state index contributed by atoms with van der Waals surface area (Å²) in [6.45, 7) is 5.81. The van der Waals surface area contributed by atoms with Crippen molar-refractivity contribution in [3.63, 3.8) is 0 Å². The summed E-state index contributed by atoms with van der Waals surface area (Å²) < 4.78 is 0. The minimum Gasteiger partial charge on any atom is -0.481 e. The van der Waals surface area contributed by atoms with E-state index in [-0.39, 0.29) is 19.8 Å². The fraction of sp³-hybridized carbons (Fsp3) is 0.933. The lowest BCUT2D eigenvalue weighted by atomic mass is 9.88. The van der Waals surface area contributed by atoms with E-state index in [0.717, 1.165) is 25.7 Å². The molecule has 0 aliphatic heterocycles. The molecular weight excluding hydrogens is 472 g/mol. The Hall–Kier alpha value is -1.18. The normalized spacial score (nSPS) is 10.8. The van der Waals surface area contributed by atoms with Crippen molar-refractivity contribution >= 4 is 11.9 Å². The highest BCUT2D eigenvalue weighted by molar-refractivity contribution is 5.66. The molecule has 0 spiro atoms. The number of carboxylic acid groups (broad SMARTS) is 2. The van der Waals surface area contributed by atoms with Crippen LogP contribution in [-0.2, 0) is 9.59 Å². The number of carboxylic acids is 2. The number of aliphatic carboxylic acids is 2. The Morgan fingerprint density at radius 2 is 0.703 bits per heavy atom. The van der Waals surface area contributed by atoms with E-state index >= 15 is 0 Å². The van der Waals surface area contributed by atoms with Gasteiger partial charge < -0.3 is 25.5 Å². The number of rotatable bonds is 24. The molecule has 0 rings (SSSR count).